The molecule has 1 saturated heterocycles. The van der Waals surface area contributed by atoms with Crippen LogP contribution < -0.4 is 0 Å². The summed E-state index contributed by atoms with van der Waals surface area (Å²) in [6, 6.07) is 0. The lowest BCUT2D eigenvalue weighted by Crippen LogP contribution is -2.34. The molecule has 2 aliphatic rings. The molecule has 1 fully saturated rings. The molecule has 0 saturated carbocycles. The van der Waals surface area contributed by atoms with Crippen LogP contribution in [0.3, 0.4) is 0 Å². The molecule has 4 heteroatoms. The normalized spacial score (nSPS) is 38.2. The van der Waals surface area contributed by atoms with Gasteiger partial charge in [0.1, 0.15) is 0 Å². The van der Waals surface area contributed by atoms with Gasteiger partial charge in [0.05, 0.1) is 25.7 Å². The molecule has 3 unspecified atom stereocenters. The van der Waals surface area contributed by atoms with Crippen LogP contribution in [0.5, 0.6) is 0 Å². The van der Waals surface area contributed by atoms with Crippen LogP contribution in [0.15, 0.2) is 11.6 Å². The van der Waals surface area contributed by atoms with Gasteiger partial charge in [0.15, 0.2) is 0 Å². The Morgan fingerprint density at radius 1 is 1.62 bits per heavy atom. The molecule has 0 bridgehead atoms. The Labute approximate surface area is 75.8 Å². The maximum absolute atomic E-state index is 10.9. The van der Waals surface area contributed by atoms with Crippen molar-refractivity contribution in [3.05, 3.63) is 11.6 Å². The molecule has 0 amide bonds. The first kappa shape index (κ1) is 8.72. The van der Waals surface area contributed by atoms with E-state index < -0.39 is 6.10 Å². The molecule has 3 atom stereocenters. The van der Waals surface area contributed by atoms with Crippen molar-refractivity contribution in [1.29, 1.82) is 0 Å². The molecule has 0 aromatic heterocycles. The number of hydrogen-bond donors (Lipinski definition) is 2. The van der Waals surface area contributed by atoms with Gasteiger partial charge in [-0.1, -0.05) is 6.08 Å². The Bertz CT molecular complexity index is 258. The van der Waals surface area contributed by atoms with Crippen molar-refractivity contribution in [3.8, 4) is 0 Å². The summed E-state index contributed by atoms with van der Waals surface area (Å²) in [4.78, 5) is 10.9. The summed E-state index contributed by atoms with van der Waals surface area (Å²) < 4.78 is 4.87. The van der Waals surface area contributed by atoms with E-state index in [1.807, 2.05) is 0 Å². The minimum atomic E-state index is -0.597. The fourth-order valence-corrected chi connectivity index (χ4v) is 2.08. The summed E-state index contributed by atoms with van der Waals surface area (Å²) in [5, 5.41) is 18.5. The molecular formula is C9H12O4. The maximum Gasteiger partial charge on any atom is 0.306 e. The number of carbonyl (C=O) groups is 1. The molecule has 1 heterocycles. The van der Waals surface area contributed by atoms with Gasteiger partial charge < -0.3 is 14.9 Å². The third-order valence-electron chi connectivity index (χ3n) is 2.83. The number of cyclic esters (lactones) is 1. The summed E-state index contributed by atoms with van der Waals surface area (Å²) in [5.74, 6) is -0.311. The third-order valence-corrected chi connectivity index (χ3v) is 2.83. The van der Waals surface area contributed by atoms with Gasteiger partial charge in [0, 0.05) is 11.8 Å². The number of esters is 1. The van der Waals surface area contributed by atoms with Gasteiger partial charge in [0.25, 0.3) is 0 Å². The molecule has 0 radical (unpaired) electrons. The van der Waals surface area contributed by atoms with Gasteiger partial charge in [-0.2, -0.15) is 0 Å². The second-order valence-electron chi connectivity index (χ2n) is 3.55. The first-order chi connectivity index (χ1) is 6.22. The van der Waals surface area contributed by atoms with Crippen LogP contribution in [0, 0.1) is 11.8 Å². The second-order valence-corrected chi connectivity index (χ2v) is 3.55. The number of aliphatic hydroxyl groups is 2. The Morgan fingerprint density at radius 2 is 2.38 bits per heavy atom. The van der Waals surface area contributed by atoms with Crippen molar-refractivity contribution in [2.75, 3.05) is 13.2 Å². The predicted molar refractivity (Wildman–Crippen MR) is 43.7 cm³/mol. The summed E-state index contributed by atoms with van der Waals surface area (Å²) in [6.07, 6.45) is 1.29. The fraction of sp³-hybridized carbons (Fsp3) is 0.667. The molecule has 0 aromatic rings. The van der Waals surface area contributed by atoms with Crippen LogP contribution in [0.2, 0.25) is 0 Å². The summed E-state index contributed by atoms with van der Waals surface area (Å²) in [6.45, 7) is 0.239. The van der Waals surface area contributed by atoms with Crippen molar-refractivity contribution in [3.63, 3.8) is 0 Å². The number of carbonyl (C=O) groups excluding carboxylic acids is 1. The molecule has 0 spiro atoms. The summed E-state index contributed by atoms with van der Waals surface area (Å²) in [5.41, 5.74) is 0.796. The SMILES string of the molecule is O=C1CC2C(O)C=C(CO)C2CO1. The highest BCUT2D eigenvalue weighted by molar-refractivity contribution is 5.71. The third kappa shape index (κ3) is 1.36. The topological polar surface area (TPSA) is 66.8 Å². The standard InChI is InChI=1S/C9H12O4/c10-3-5-1-8(11)6-2-9(12)13-4-7(5)6/h1,6-8,10-11H,2-4H2. The number of fused-ring (bicyclic) bond motifs is 1. The molecular weight excluding hydrogens is 172 g/mol. The van der Waals surface area contributed by atoms with Crippen molar-refractivity contribution < 1.29 is 19.7 Å². The minimum absolute atomic E-state index is 0.0256. The quantitative estimate of drug-likeness (QED) is 0.424. The molecule has 0 aromatic carbocycles. The van der Waals surface area contributed by atoms with Gasteiger partial charge >= 0.3 is 5.97 Å². The average molecular weight is 184 g/mol. The van der Waals surface area contributed by atoms with Crippen molar-refractivity contribution >= 4 is 5.97 Å². The highest BCUT2D eigenvalue weighted by Crippen LogP contribution is 2.37. The zero-order valence-corrected chi connectivity index (χ0v) is 7.14. The smallest absolute Gasteiger partial charge is 0.306 e. The van der Waals surface area contributed by atoms with Gasteiger partial charge in [-0.15, -0.1) is 0 Å². The van der Waals surface area contributed by atoms with Crippen LogP contribution in [-0.4, -0.2) is 35.5 Å². The van der Waals surface area contributed by atoms with Crippen LogP contribution in [0.1, 0.15) is 6.42 Å². The number of ether oxygens (including phenoxy) is 1. The van der Waals surface area contributed by atoms with Gasteiger partial charge in [-0.05, 0) is 5.57 Å². The van der Waals surface area contributed by atoms with E-state index in [9.17, 15) is 9.90 Å². The van der Waals surface area contributed by atoms with E-state index in [1.165, 1.54) is 0 Å². The van der Waals surface area contributed by atoms with Crippen molar-refractivity contribution in [2.45, 2.75) is 12.5 Å². The Morgan fingerprint density at radius 3 is 3.08 bits per heavy atom. The molecule has 13 heavy (non-hydrogen) atoms. The van der Waals surface area contributed by atoms with E-state index in [0.29, 0.717) is 6.61 Å². The van der Waals surface area contributed by atoms with Crippen LogP contribution in [-0.2, 0) is 9.53 Å². The maximum atomic E-state index is 10.9. The van der Waals surface area contributed by atoms with E-state index >= 15 is 0 Å². The van der Waals surface area contributed by atoms with E-state index in [4.69, 9.17) is 9.84 Å². The van der Waals surface area contributed by atoms with Crippen LogP contribution in [0.4, 0.5) is 0 Å². The van der Waals surface area contributed by atoms with Crippen molar-refractivity contribution in [1.82, 2.24) is 0 Å². The zero-order chi connectivity index (χ0) is 9.42. The van der Waals surface area contributed by atoms with Gasteiger partial charge in [-0.3, -0.25) is 4.79 Å². The number of rotatable bonds is 1. The first-order valence-electron chi connectivity index (χ1n) is 4.37. The number of aliphatic hydroxyl groups excluding tert-OH is 2. The molecule has 1 aliphatic heterocycles. The lowest BCUT2D eigenvalue weighted by Gasteiger charge is -2.28. The Balaban J connectivity index is 2.16. The molecule has 4 nitrogen and oxygen atoms in total. The van der Waals surface area contributed by atoms with Gasteiger partial charge in [0.2, 0.25) is 0 Å². The fourth-order valence-electron chi connectivity index (χ4n) is 2.08. The monoisotopic (exact) mass is 184 g/mol. The first-order valence-corrected chi connectivity index (χ1v) is 4.37. The van der Waals surface area contributed by atoms with Gasteiger partial charge in [-0.25, -0.2) is 0 Å². The van der Waals surface area contributed by atoms with E-state index in [1.54, 1.807) is 6.08 Å². The Kier molecular flexibility index (Phi) is 2.09. The van der Waals surface area contributed by atoms with Crippen molar-refractivity contribution in [2.24, 2.45) is 11.8 Å². The zero-order valence-electron chi connectivity index (χ0n) is 7.14. The lowest BCUT2D eigenvalue weighted by atomic mass is 9.86. The van der Waals surface area contributed by atoms with E-state index in [0.717, 1.165) is 5.57 Å². The lowest BCUT2D eigenvalue weighted by molar-refractivity contribution is -0.153. The van der Waals surface area contributed by atoms with Crippen LogP contribution >= 0.6 is 0 Å². The number of hydrogen-bond acceptors (Lipinski definition) is 4. The molecule has 1 aliphatic carbocycles. The largest absolute Gasteiger partial charge is 0.465 e. The summed E-state index contributed by atoms with van der Waals surface area (Å²) in [7, 11) is 0. The minimum Gasteiger partial charge on any atom is -0.465 e. The predicted octanol–water partition coefficient (Wildman–Crippen LogP) is -0.541. The van der Waals surface area contributed by atoms with Crippen LogP contribution in [0.25, 0.3) is 0 Å². The highest BCUT2D eigenvalue weighted by atomic mass is 16.5. The molecule has 2 N–H and O–H groups in total. The molecule has 2 rings (SSSR count). The average Bonchev–Trinajstić information content (AvgIpc) is 2.43. The highest BCUT2D eigenvalue weighted by Gasteiger charge is 2.41. The molecule has 72 valence electrons. The van der Waals surface area contributed by atoms with E-state index in [2.05, 4.69) is 0 Å². The van der Waals surface area contributed by atoms with E-state index in [-0.39, 0.29) is 30.8 Å². The second kappa shape index (κ2) is 3.12. The summed E-state index contributed by atoms with van der Waals surface area (Å²) >= 11 is 0. The Hall–Kier alpha value is -0.870.